The van der Waals surface area contributed by atoms with E-state index in [0.29, 0.717) is 18.2 Å². The van der Waals surface area contributed by atoms with Gasteiger partial charge in [-0.25, -0.2) is 9.78 Å². The van der Waals surface area contributed by atoms with E-state index in [-0.39, 0.29) is 6.03 Å². The molecule has 2 aromatic heterocycles. The summed E-state index contributed by atoms with van der Waals surface area (Å²) in [7, 11) is 0. The molecule has 1 saturated carbocycles. The average Bonchev–Trinajstić information content (AvgIpc) is 2.90. The van der Waals surface area contributed by atoms with Gasteiger partial charge in [0.1, 0.15) is 0 Å². The van der Waals surface area contributed by atoms with E-state index in [0.717, 1.165) is 36.1 Å². The van der Waals surface area contributed by atoms with E-state index in [9.17, 15) is 4.79 Å². The van der Waals surface area contributed by atoms with Gasteiger partial charge in [0.25, 0.3) is 0 Å². The fraction of sp³-hybridized carbons (Fsp3) is 0.476. The van der Waals surface area contributed by atoms with E-state index in [1.165, 1.54) is 25.7 Å². The standard InChI is InChI=1S/C21H27N5O/c1-15-5-2-6-16(13-15)18-8-9-19-20(25-18)26(12-4-11-23-19)21(27)24-17-7-3-10-22-14-17/h3,7-10,14-16,23H,2,4-6,11-13H2,1H3,(H,24,27). The topological polar surface area (TPSA) is 70.2 Å². The van der Waals surface area contributed by atoms with E-state index in [1.807, 2.05) is 12.1 Å². The van der Waals surface area contributed by atoms with Crippen molar-refractivity contribution in [2.24, 2.45) is 5.92 Å². The molecule has 2 N–H and O–H groups in total. The van der Waals surface area contributed by atoms with E-state index in [1.54, 1.807) is 17.3 Å². The zero-order chi connectivity index (χ0) is 18.6. The van der Waals surface area contributed by atoms with Gasteiger partial charge in [-0.1, -0.05) is 19.8 Å². The van der Waals surface area contributed by atoms with Crippen LogP contribution in [0.3, 0.4) is 0 Å². The maximum Gasteiger partial charge on any atom is 0.327 e. The Morgan fingerprint density at radius 3 is 3.00 bits per heavy atom. The maximum atomic E-state index is 12.9. The van der Waals surface area contributed by atoms with Gasteiger partial charge >= 0.3 is 6.03 Å². The number of amides is 2. The third kappa shape index (κ3) is 4.04. The van der Waals surface area contributed by atoms with Gasteiger partial charge in [-0.3, -0.25) is 9.88 Å². The zero-order valence-electron chi connectivity index (χ0n) is 15.8. The molecule has 2 unspecified atom stereocenters. The van der Waals surface area contributed by atoms with Crippen molar-refractivity contribution in [1.29, 1.82) is 0 Å². The van der Waals surface area contributed by atoms with Crippen molar-refractivity contribution in [3.63, 3.8) is 0 Å². The second kappa shape index (κ2) is 7.94. The normalized spacial score (nSPS) is 22.3. The lowest BCUT2D eigenvalue weighted by Crippen LogP contribution is -2.36. The summed E-state index contributed by atoms with van der Waals surface area (Å²) in [6.07, 6.45) is 9.16. The Kier molecular flexibility index (Phi) is 5.23. The number of carbonyl (C=O) groups is 1. The number of nitrogens with one attached hydrogen (secondary N) is 2. The van der Waals surface area contributed by atoms with Crippen LogP contribution in [0.15, 0.2) is 36.7 Å². The number of fused-ring (bicyclic) bond motifs is 1. The minimum Gasteiger partial charge on any atom is -0.382 e. The predicted molar refractivity (Wildman–Crippen MR) is 108 cm³/mol. The fourth-order valence-corrected chi connectivity index (χ4v) is 4.13. The zero-order valence-corrected chi connectivity index (χ0v) is 15.8. The summed E-state index contributed by atoms with van der Waals surface area (Å²) in [5.74, 6) is 1.97. The van der Waals surface area contributed by atoms with Gasteiger partial charge in [0, 0.05) is 30.9 Å². The van der Waals surface area contributed by atoms with Crippen LogP contribution in [0.2, 0.25) is 0 Å². The summed E-state index contributed by atoms with van der Waals surface area (Å²) < 4.78 is 0. The third-order valence-corrected chi connectivity index (χ3v) is 5.54. The molecule has 4 rings (SSSR count). The number of carbonyl (C=O) groups excluding carboxylic acids is 1. The highest BCUT2D eigenvalue weighted by Crippen LogP contribution is 2.37. The highest BCUT2D eigenvalue weighted by molar-refractivity contribution is 6.03. The fourth-order valence-electron chi connectivity index (χ4n) is 4.13. The van der Waals surface area contributed by atoms with Crippen LogP contribution in [0.5, 0.6) is 0 Å². The highest BCUT2D eigenvalue weighted by atomic mass is 16.2. The monoisotopic (exact) mass is 365 g/mol. The molecule has 2 amide bonds. The van der Waals surface area contributed by atoms with E-state index < -0.39 is 0 Å². The predicted octanol–water partition coefficient (Wildman–Crippen LogP) is 4.62. The SMILES string of the molecule is CC1CCCC(c2ccc3c(n2)N(C(=O)Nc2cccnc2)CCCN3)C1. The molecule has 0 bridgehead atoms. The van der Waals surface area contributed by atoms with Crippen molar-refractivity contribution < 1.29 is 4.79 Å². The Hall–Kier alpha value is -2.63. The lowest BCUT2D eigenvalue weighted by atomic mass is 9.80. The van der Waals surface area contributed by atoms with Crippen molar-refractivity contribution in [2.75, 3.05) is 28.6 Å². The summed E-state index contributed by atoms with van der Waals surface area (Å²) in [4.78, 5) is 23.7. The van der Waals surface area contributed by atoms with Crippen LogP contribution in [0.25, 0.3) is 0 Å². The Morgan fingerprint density at radius 2 is 2.19 bits per heavy atom. The molecule has 0 aromatic carbocycles. The molecule has 2 aliphatic rings. The number of rotatable bonds is 2. The minimum absolute atomic E-state index is 0.158. The van der Waals surface area contributed by atoms with Crippen LogP contribution in [0.4, 0.5) is 22.0 Å². The molecule has 1 aliphatic heterocycles. The van der Waals surface area contributed by atoms with Crippen molar-refractivity contribution in [1.82, 2.24) is 9.97 Å². The van der Waals surface area contributed by atoms with Crippen molar-refractivity contribution in [3.05, 3.63) is 42.4 Å². The van der Waals surface area contributed by atoms with E-state index in [4.69, 9.17) is 4.98 Å². The van der Waals surface area contributed by atoms with Gasteiger partial charge in [-0.2, -0.15) is 0 Å². The second-order valence-corrected chi connectivity index (χ2v) is 7.68. The van der Waals surface area contributed by atoms with Crippen molar-refractivity contribution >= 4 is 23.2 Å². The maximum absolute atomic E-state index is 12.9. The quantitative estimate of drug-likeness (QED) is 0.814. The van der Waals surface area contributed by atoms with Crippen LogP contribution in [-0.4, -0.2) is 29.1 Å². The summed E-state index contributed by atoms with van der Waals surface area (Å²) in [5.41, 5.74) is 2.74. The number of aromatic nitrogens is 2. The third-order valence-electron chi connectivity index (χ3n) is 5.54. The first-order valence-corrected chi connectivity index (χ1v) is 9.94. The summed E-state index contributed by atoms with van der Waals surface area (Å²) in [5, 5.41) is 6.36. The minimum atomic E-state index is -0.158. The molecule has 0 saturated heterocycles. The Bertz CT molecular complexity index is 794. The smallest absolute Gasteiger partial charge is 0.327 e. The highest BCUT2D eigenvalue weighted by Gasteiger charge is 2.26. The Labute approximate surface area is 160 Å². The molecule has 1 aliphatic carbocycles. The molecular weight excluding hydrogens is 338 g/mol. The van der Waals surface area contributed by atoms with Crippen molar-refractivity contribution in [2.45, 2.75) is 44.9 Å². The van der Waals surface area contributed by atoms with Crippen LogP contribution >= 0.6 is 0 Å². The number of urea groups is 1. The number of pyridine rings is 2. The first-order chi connectivity index (χ1) is 13.2. The first kappa shape index (κ1) is 17.8. The second-order valence-electron chi connectivity index (χ2n) is 7.68. The summed E-state index contributed by atoms with van der Waals surface area (Å²) in [6, 6.07) is 7.72. The van der Waals surface area contributed by atoms with Crippen molar-refractivity contribution in [3.8, 4) is 0 Å². The summed E-state index contributed by atoms with van der Waals surface area (Å²) in [6.45, 7) is 3.81. The van der Waals surface area contributed by atoms with Gasteiger partial charge < -0.3 is 10.6 Å². The molecule has 0 radical (unpaired) electrons. The molecule has 142 valence electrons. The lowest BCUT2D eigenvalue weighted by Gasteiger charge is -2.28. The van der Waals surface area contributed by atoms with Gasteiger partial charge in [-0.15, -0.1) is 0 Å². The van der Waals surface area contributed by atoms with E-state index in [2.05, 4.69) is 34.7 Å². The largest absolute Gasteiger partial charge is 0.382 e. The molecule has 6 nitrogen and oxygen atoms in total. The first-order valence-electron chi connectivity index (χ1n) is 9.94. The molecule has 2 atom stereocenters. The number of hydrogen-bond acceptors (Lipinski definition) is 4. The number of hydrogen-bond donors (Lipinski definition) is 2. The van der Waals surface area contributed by atoms with Crippen LogP contribution in [0.1, 0.15) is 50.6 Å². The molecule has 3 heterocycles. The Morgan fingerprint density at radius 1 is 1.26 bits per heavy atom. The van der Waals surface area contributed by atoms with Crippen LogP contribution in [-0.2, 0) is 0 Å². The lowest BCUT2D eigenvalue weighted by molar-refractivity contribution is 0.256. The van der Waals surface area contributed by atoms with Gasteiger partial charge in [0.2, 0.25) is 0 Å². The van der Waals surface area contributed by atoms with Crippen LogP contribution < -0.4 is 15.5 Å². The van der Waals surface area contributed by atoms with Gasteiger partial charge in [0.15, 0.2) is 5.82 Å². The molecule has 6 heteroatoms. The molecule has 2 aromatic rings. The molecule has 27 heavy (non-hydrogen) atoms. The van der Waals surface area contributed by atoms with Gasteiger partial charge in [-0.05, 0) is 49.4 Å². The average molecular weight is 365 g/mol. The van der Waals surface area contributed by atoms with Crippen LogP contribution in [0, 0.1) is 5.92 Å². The van der Waals surface area contributed by atoms with E-state index >= 15 is 0 Å². The number of anilines is 3. The molecular formula is C21H27N5O. The Balaban J connectivity index is 1.61. The summed E-state index contributed by atoms with van der Waals surface area (Å²) >= 11 is 0. The molecule has 1 fully saturated rings. The molecule has 0 spiro atoms. The number of nitrogens with zero attached hydrogens (tertiary/aromatic N) is 3. The van der Waals surface area contributed by atoms with Gasteiger partial charge in [0.05, 0.1) is 17.6 Å².